The molecule has 0 bridgehead atoms. The Morgan fingerprint density at radius 2 is 1.43 bits per heavy atom. The maximum Gasteiger partial charge on any atom is 0.224 e. The lowest BCUT2D eigenvalue weighted by molar-refractivity contribution is -0.116. The number of carbonyl (C=O) groups is 2. The summed E-state index contributed by atoms with van der Waals surface area (Å²) in [6, 6.07) is 12.3. The van der Waals surface area contributed by atoms with Gasteiger partial charge < -0.3 is 25.8 Å². The van der Waals surface area contributed by atoms with Gasteiger partial charge in [0, 0.05) is 36.0 Å². The van der Waals surface area contributed by atoms with E-state index in [0.717, 1.165) is 12.8 Å². The van der Waals surface area contributed by atoms with E-state index in [0.29, 0.717) is 47.8 Å². The van der Waals surface area contributed by atoms with Crippen molar-refractivity contribution in [1.29, 1.82) is 0 Å². The van der Waals surface area contributed by atoms with Crippen molar-refractivity contribution in [3.8, 4) is 11.5 Å². The fourth-order valence-electron chi connectivity index (χ4n) is 2.73. The van der Waals surface area contributed by atoms with Crippen LogP contribution in [-0.2, 0) is 9.59 Å². The number of benzene rings is 2. The van der Waals surface area contributed by atoms with Gasteiger partial charge in [0.15, 0.2) is 11.5 Å². The van der Waals surface area contributed by atoms with Crippen LogP contribution in [-0.4, -0.2) is 26.0 Å². The van der Waals surface area contributed by atoms with Crippen LogP contribution < -0.4 is 25.8 Å². The summed E-state index contributed by atoms with van der Waals surface area (Å²) < 4.78 is 10.4. The zero-order valence-electron chi connectivity index (χ0n) is 16.3. The molecular formula is C21H27N3O4. The molecule has 2 rings (SSSR count). The number of amides is 2. The maximum absolute atomic E-state index is 12.1. The van der Waals surface area contributed by atoms with E-state index >= 15 is 0 Å². The molecule has 0 unspecified atom stereocenters. The summed E-state index contributed by atoms with van der Waals surface area (Å²) in [6.07, 6.45) is 3.03. The van der Waals surface area contributed by atoms with Gasteiger partial charge in [0.2, 0.25) is 11.8 Å². The molecule has 0 aliphatic heterocycles. The van der Waals surface area contributed by atoms with E-state index in [4.69, 9.17) is 15.2 Å². The van der Waals surface area contributed by atoms with Gasteiger partial charge in [-0.15, -0.1) is 0 Å². The molecule has 0 aliphatic carbocycles. The van der Waals surface area contributed by atoms with Crippen molar-refractivity contribution < 1.29 is 19.1 Å². The Kier molecular flexibility index (Phi) is 8.14. The summed E-state index contributed by atoms with van der Waals surface area (Å²) in [7, 11) is 3.11. The van der Waals surface area contributed by atoms with Crippen LogP contribution in [0, 0.1) is 0 Å². The summed E-state index contributed by atoms with van der Waals surface area (Å²) in [6.45, 7) is 0. The molecule has 2 aromatic rings. The Morgan fingerprint density at radius 1 is 0.821 bits per heavy atom. The van der Waals surface area contributed by atoms with E-state index in [9.17, 15) is 9.59 Å². The molecule has 0 fully saturated rings. The molecule has 0 atom stereocenters. The highest BCUT2D eigenvalue weighted by molar-refractivity contribution is 5.91. The first-order valence-electron chi connectivity index (χ1n) is 9.19. The fourth-order valence-corrected chi connectivity index (χ4v) is 2.73. The number of nitrogen functional groups attached to an aromatic ring is 1. The van der Waals surface area contributed by atoms with Crippen LogP contribution in [0.5, 0.6) is 11.5 Å². The second-order valence-electron chi connectivity index (χ2n) is 6.35. The molecule has 28 heavy (non-hydrogen) atoms. The zero-order valence-corrected chi connectivity index (χ0v) is 16.3. The molecule has 2 aromatic carbocycles. The Balaban J connectivity index is 1.65. The van der Waals surface area contributed by atoms with Crippen molar-refractivity contribution >= 4 is 28.9 Å². The van der Waals surface area contributed by atoms with Crippen LogP contribution in [0.3, 0.4) is 0 Å². The van der Waals surface area contributed by atoms with Crippen LogP contribution in [0.25, 0.3) is 0 Å². The number of methoxy groups -OCH3 is 2. The quantitative estimate of drug-likeness (QED) is 0.426. The molecule has 0 saturated carbocycles. The molecule has 7 heteroatoms. The van der Waals surface area contributed by atoms with Crippen molar-refractivity contribution in [3.05, 3.63) is 42.5 Å². The number of nitrogens with one attached hydrogen (secondary N) is 2. The number of nitrogens with two attached hydrogens (primary N) is 1. The minimum Gasteiger partial charge on any atom is -0.493 e. The maximum atomic E-state index is 12.1. The van der Waals surface area contributed by atoms with Crippen LogP contribution in [0.4, 0.5) is 17.1 Å². The molecule has 4 N–H and O–H groups in total. The van der Waals surface area contributed by atoms with Crippen LogP contribution in [0.15, 0.2) is 42.5 Å². The SMILES string of the molecule is COc1ccc(NC(=O)CCCCCC(=O)Nc2cccc(N)c2)cc1OC. The molecule has 150 valence electrons. The Hall–Kier alpha value is -3.22. The molecule has 0 aliphatic rings. The van der Waals surface area contributed by atoms with E-state index < -0.39 is 0 Å². The Morgan fingerprint density at radius 3 is 2.00 bits per heavy atom. The molecular weight excluding hydrogens is 358 g/mol. The summed E-state index contributed by atoms with van der Waals surface area (Å²) in [4.78, 5) is 24.0. The average Bonchev–Trinajstić information content (AvgIpc) is 2.67. The zero-order chi connectivity index (χ0) is 20.4. The molecule has 7 nitrogen and oxygen atoms in total. The van der Waals surface area contributed by atoms with E-state index in [2.05, 4.69) is 10.6 Å². The van der Waals surface area contributed by atoms with Crippen molar-refractivity contribution in [2.45, 2.75) is 32.1 Å². The van der Waals surface area contributed by atoms with Crippen LogP contribution in [0.1, 0.15) is 32.1 Å². The van der Waals surface area contributed by atoms with Gasteiger partial charge in [-0.3, -0.25) is 9.59 Å². The van der Waals surface area contributed by atoms with Gasteiger partial charge in [0.05, 0.1) is 14.2 Å². The van der Waals surface area contributed by atoms with Crippen molar-refractivity contribution in [2.24, 2.45) is 0 Å². The van der Waals surface area contributed by atoms with Gasteiger partial charge >= 0.3 is 0 Å². The molecule has 0 radical (unpaired) electrons. The topological polar surface area (TPSA) is 103 Å². The summed E-state index contributed by atoms with van der Waals surface area (Å²) in [5.74, 6) is 1.04. The number of unbranched alkanes of at least 4 members (excludes halogenated alkanes) is 2. The summed E-state index contributed by atoms with van der Waals surface area (Å²) in [5, 5.41) is 5.65. The molecule has 0 spiro atoms. The second kappa shape index (κ2) is 10.8. The summed E-state index contributed by atoms with van der Waals surface area (Å²) in [5.41, 5.74) is 7.65. The minimum absolute atomic E-state index is 0.0552. The standard InChI is InChI=1S/C21H27N3O4/c1-27-18-12-11-17(14-19(18)28-2)24-21(26)10-5-3-4-9-20(25)23-16-8-6-7-15(22)13-16/h6-8,11-14H,3-5,9-10,22H2,1-2H3,(H,23,25)(H,24,26). The number of hydrogen-bond acceptors (Lipinski definition) is 5. The van der Waals surface area contributed by atoms with Gasteiger partial charge in [0.1, 0.15) is 0 Å². The lowest BCUT2D eigenvalue weighted by Crippen LogP contribution is -2.12. The Labute approximate surface area is 165 Å². The monoisotopic (exact) mass is 385 g/mol. The van der Waals surface area contributed by atoms with E-state index in [-0.39, 0.29) is 11.8 Å². The minimum atomic E-state index is -0.0727. The molecule has 0 aromatic heterocycles. The number of hydrogen-bond donors (Lipinski definition) is 3. The van der Waals surface area contributed by atoms with Crippen molar-refractivity contribution in [1.82, 2.24) is 0 Å². The number of rotatable bonds is 10. The third kappa shape index (κ3) is 6.83. The van der Waals surface area contributed by atoms with E-state index in [1.54, 1.807) is 56.7 Å². The highest BCUT2D eigenvalue weighted by Gasteiger charge is 2.08. The Bertz CT molecular complexity index is 808. The third-order valence-electron chi connectivity index (χ3n) is 4.15. The third-order valence-corrected chi connectivity index (χ3v) is 4.15. The number of carbonyl (C=O) groups excluding carboxylic acids is 2. The highest BCUT2D eigenvalue weighted by Crippen LogP contribution is 2.29. The smallest absolute Gasteiger partial charge is 0.224 e. The average molecular weight is 385 g/mol. The molecule has 0 saturated heterocycles. The first-order chi connectivity index (χ1) is 13.5. The predicted octanol–water partition coefficient (Wildman–Crippen LogP) is 3.81. The van der Waals surface area contributed by atoms with Crippen molar-refractivity contribution in [2.75, 3.05) is 30.6 Å². The van der Waals surface area contributed by atoms with Gasteiger partial charge in [0.25, 0.3) is 0 Å². The lowest BCUT2D eigenvalue weighted by atomic mass is 10.1. The van der Waals surface area contributed by atoms with Gasteiger partial charge in [-0.05, 0) is 43.2 Å². The predicted molar refractivity (Wildman–Crippen MR) is 111 cm³/mol. The van der Waals surface area contributed by atoms with E-state index in [1.807, 2.05) is 0 Å². The summed E-state index contributed by atoms with van der Waals surface area (Å²) >= 11 is 0. The second-order valence-corrected chi connectivity index (χ2v) is 6.35. The van der Waals surface area contributed by atoms with Crippen molar-refractivity contribution in [3.63, 3.8) is 0 Å². The number of anilines is 3. The highest BCUT2D eigenvalue weighted by atomic mass is 16.5. The van der Waals surface area contributed by atoms with Gasteiger partial charge in [-0.1, -0.05) is 12.5 Å². The van der Waals surface area contributed by atoms with Gasteiger partial charge in [-0.25, -0.2) is 0 Å². The van der Waals surface area contributed by atoms with Gasteiger partial charge in [-0.2, -0.15) is 0 Å². The first-order valence-corrected chi connectivity index (χ1v) is 9.19. The molecule has 2 amide bonds. The first kappa shape index (κ1) is 21.1. The van der Waals surface area contributed by atoms with Crippen LogP contribution >= 0.6 is 0 Å². The van der Waals surface area contributed by atoms with Crippen LogP contribution in [0.2, 0.25) is 0 Å². The fraction of sp³-hybridized carbons (Fsp3) is 0.333. The lowest BCUT2D eigenvalue weighted by Gasteiger charge is -2.10. The van der Waals surface area contributed by atoms with E-state index in [1.165, 1.54) is 0 Å². The molecule has 0 heterocycles. The normalized spacial score (nSPS) is 10.2. The number of ether oxygens (including phenoxy) is 2. The largest absolute Gasteiger partial charge is 0.493 e.